The SMILES string of the molecule is CNCC1CCCc2c(F)cccc21. The molecule has 1 atom stereocenters. The predicted molar refractivity (Wildman–Crippen MR) is 56.0 cm³/mol. The first kappa shape index (κ1) is 9.66. The molecule has 0 spiro atoms. The zero-order valence-electron chi connectivity index (χ0n) is 8.52. The fourth-order valence-electron chi connectivity index (χ4n) is 2.36. The van der Waals surface area contributed by atoms with Crippen molar-refractivity contribution in [1.29, 1.82) is 0 Å². The second-order valence-corrected chi connectivity index (χ2v) is 3.95. The van der Waals surface area contributed by atoms with Gasteiger partial charge in [0.2, 0.25) is 0 Å². The van der Waals surface area contributed by atoms with Gasteiger partial charge in [0.15, 0.2) is 0 Å². The van der Waals surface area contributed by atoms with Gasteiger partial charge in [0.25, 0.3) is 0 Å². The molecular formula is C12H16FN. The summed E-state index contributed by atoms with van der Waals surface area (Å²) in [5.74, 6) is 0.475. The van der Waals surface area contributed by atoms with Gasteiger partial charge < -0.3 is 5.32 Å². The number of hydrogen-bond acceptors (Lipinski definition) is 1. The lowest BCUT2D eigenvalue weighted by molar-refractivity contribution is 0.506. The molecule has 76 valence electrons. The van der Waals surface area contributed by atoms with Gasteiger partial charge in [-0.15, -0.1) is 0 Å². The highest BCUT2D eigenvalue weighted by Gasteiger charge is 2.21. The summed E-state index contributed by atoms with van der Waals surface area (Å²) in [7, 11) is 1.95. The normalized spacial score (nSPS) is 20.6. The van der Waals surface area contributed by atoms with Gasteiger partial charge in [-0.05, 0) is 49.4 Å². The van der Waals surface area contributed by atoms with Crippen molar-refractivity contribution in [3.63, 3.8) is 0 Å². The Bertz CT molecular complexity index is 322. The molecule has 14 heavy (non-hydrogen) atoms. The molecule has 1 aliphatic carbocycles. The smallest absolute Gasteiger partial charge is 0.126 e. The van der Waals surface area contributed by atoms with Crippen molar-refractivity contribution in [2.75, 3.05) is 13.6 Å². The van der Waals surface area contributed by atoms with Crippen molar-refractivity contribution < 1.29 is 4.39 Å². The molecule has 1 unspecified atom stereocenters. The van der Waals surface area contributed by atoms with E-state index in [9.17, 15) is 4.39 Å². The standard InChI is InChI=1S/C12H16FN/c1-14-8-9-4-2-6-11-10(9)5-3-7-12(11)13/h3,5,7,9,14H,2,4,6,8H2,1H3. The van der Waals surface area contributed by atoms with Crippen LogP contribution < -0.4 is 5.32 Å². The second kappa shape index (κ2) is 4.09. The summed E-state index contributed by atoms with van der Waals surface area (Å²) in [6, 6.07) is 5.46. The summed E-state index contributed by atoms with van der Waals surface area (Å²) >= 11 is 0. The number of halogens is 1. The number of hydrogen-bond donors (Lipinski definition) is 1. The van der Waals surface area contributed by atoms with Crippen LogP contribution in [0.3, 0.4) is 0 Å². The van der Waals surface area contributed by atoms with E-state index in [0.717, 1.165) is 24.9 Å². The summed E-state index contributed by atoms with van der Waals surface area (Å²) in [6.07, 6.45) is 3.19. The van der Waals surface area contributed by atoms with Gasteiger partial charge in [0.1, 0.15) is 5.82 Å². The molecule has 0 heterocycles. The molecule has 0 aromatic heterocycles. The fourth-order valence-corrected chi connectivity index (χ4v) is 2.36. The first-order chi connectivity index (χ1) is 6.83. The van der Waals surface area contributed by atoms with E-state index in [0.29, 0.717) is 5.92 Å². The van der Waals surface area contributed by atoms with Crippen LogP contribution in [0, 0.1) is 5.82 Å². The Morgan fingerprint density at radius 3 is 3.14 bits per heavy atom. The highest BCUT2D eigenvalue weighted by molar-refractivity contribution is 5.34. The minimum absolute atomic E-state index is 0.0247. The highest BCUT2D eigenvalue weighted by atomic mass is 19.1. The van der Waals surface area contributed by atoms with Crippen molar-refractivity contribution in [2.45, 2.75) is 25.2 Å². The van der Waals surface area contributed by atoms with Crippen LogP contribution in [0.15, 0.2) is 18.2 Å². The monoisotopic (exact) mass is 193 g/mol. The Morgan fingerprint density at radius 1 is 1.50 bits per heavy atom. The Labute approximate surface area is 84.3 Å². The van der Waals surface area contributed by atoms with Crippen molar-refractivity contribution in [2.24, 2.45) is 0 Å². The minimum atomic E-state index is -0.0247. The molecule has 0 radical (unpaired) electrons. The van der Waals surface area contributed by atoms with E-state index < -0.39 is 0 Å². The lowest BCUT2D eigenvalue weighted by Crippen LogP contribution is -2.21. The summed E-state index contributed by atoms with van der Waals surface area (Å²) in [5, 5.41) is 3.18. The molecule has 0 fully saturated rings. The molecule has 1 nitrogen and oxygen atoms in total. The average molecular weight is 193 g/mol. The molecule has 1 N–H and O–H groups in total. The lowest BCUT2D eigenvalue weighted by Gasteiger charge is -2.25. The van der Waals surface area contributed by atoms with Crippen molar-refractivity contribution in [3.8, 4) is 0 Å². The van der Waals surface area contributed by atoms with E-state index in [1.807, 2.05) is 13.1 Å². The number of nitrogens with one attached hydrogen (secondary N) is 1. The number of rotatable bonds is 2. The van der Waals surface area contributed by atoms with E-state index in [2.05, 4.69) is 11.4 Å². The Kier molecular flexibility index (Phi) is 2.82. The second-order valence-electron chi connectivity index (χ2n) is 3.95. The third-order valence-corrected chi connectivity index (χ3v) is 3.02. The predicted octanol–water partition coefficient (Wildman–Crippen LogP) is 2.47. The first-order valence-electron chi connectivity index (χ1n) is 5.25. The molecule has 0 saturated carbocycles. The molecular weight excluding hydrogens is 177 g/mol. The lowest BCUT2D eigenvalue weighted by atomic mass is 9.82. The fraction of sp³-hybridized carbons (Fsp3) is 0.500. The van der Waals surface area contributed by atoms with Gasteiger partial charge in [-0.3, -0.25) is 0 Å². The van der Waals surface area contributed by atoms with E-state index >= 15 is 0 Å². The molecule has 1 aromatic carbocycles. The number of fused-ring (bicyclic) bond motifs is 1. The van der Waals surface area contributed by atoms with Crippen molar-refractivity contribution in [3.05, 3.63) is 35.1 Å². The highest BCUT2D eigenvalue weighted by Crippen LogP contribution is 2.32. The van der Waals surface area contributed by atoms with Crippen LogP contribution in [0.25, 0.3) is 0 Å². The van der Waals surface area contributed by atoms with Gasteiger partial charge in [0, 0.05) is 6.54 Å². The molecule has 0 bridgehead atoms. The van der Waals surface area contributed by atoms with Gasteiger partial charge in [0.05, 0.1) is 0 Å². The van der Waals surface area contributed by atoms with E-state index in [1.54, 1.807) is 6.07 Å². The maximum atomic E-state index is 13.5. The van der Waals surface area contributed by atoms with Crippen LogP contribution in [0.1, 0.15) is 29.9 Å². The van der Waals surface area contributed by atoms with Gasteiger partial charge in [-0.1, -0.05) is 12.1 Å². The van der Waals surface area contributed by atoms with Gasteiger partial charge in [-0.2, -0.15) is 0 Å². The Hall–Kier alpha value is -0.890. The zero-order chi connectivity index (χ0) is 9.97. The molecule has 1 aromatic rings. The summed E-state index contributed by atoms with van der Waals surface area (Å²) in [5.41, 5.74) is 2.16. The maximum Gasteiger partial charge on any atom is 0.126 e. The van der Waals surface area contributed by atoms with Crippen LogP contribution >= 0.6 is 0 Å². The van der Waals surface area contributed by atoms with Crippen LogP contribution in [-0.4, -0.2) is 13.6 Å². The van der Waals surface area contributed by atoms with Gasteiger partial charge in [-0.25, -0.2) is 4.39 Å². The molecule has 1 aliphatic rings. The summed E-state index contributed by atoms with van der Waals surface area (Å²) in [6.45, 7) is 0.955. The van der Waals surface area contributed by atoms with Crippen LogP contribution in [0.4, 0.5) is 4.39 Å². The topological polar surface area (TPSA) is 12.0 Å². The van der Waals surface area contributed by atoms with E-state index in [-0.39, 0.29) is 5.82 Å². The molecule has 0 saturated heterocycles. The largest absolute Gasteiger partial charge is 0.319 e. The summed E-state index contributed by atoms with van der Waals surface area (Å²) < 4.78 is 13.5. The third kappa shape index (κ3) is 1.67. The van der Waals surface area contributed by atoms with E-state index in [1.165, 1.54) is 12.0 Å². The number of benzene rings is 1. The number of likely N-dealkylation sites (N-methyl/N-ethyl adjacent to an activating group) is 1. The van der Waals surface area contributed by atoms with Crippen molar-refractivity contribution >= 4 is 0 Å². The van der Waals surface area contributed by atoms with Crippen LogP contribution in [-0.2, 0) is 6.42 Å². The molecule has 0 amide bonds. The van der Waals surface area contributed by atoms with Crippen molar-refractivity contribution in [1.82, 2.24) is 5.32 Å². The average Bonchev–Trinajstić information content (AvgIpc) is 2.20. The first-order valence-corrected chi connectivity index (χ1v) is 5.25. The quantitative estimate of drug-likeness (QED) is 0.760. The van der Waals surface area contributed by atoms with Crippen LogP contribution in [0.2, 0.25) is 0 Å². The molecule has 2 rings (SSSR count). The Balaban J connectivity index is 2.34. The Morgan fingerprint density at radius 2 is 2.36 bits per heavy atom. The van der Waals surface area contributed by atoms with Gasteiger partial charge >= 0.3 is 0 Å². The minimum Gasteiger partial charge on any atom is -0.319 e. The zero-order valence-corrected chi connectivity index (χ0v) is 8.52. The van der Waals surface area contributed by atoms with Crippen LogP contribution in [0.5, 0.6) is 0 Å². The maximum absolute atomic E-state index is 13.5. The summed E-state index contributed by atoms with van der Waals surface area (Å²) in [4.78, 5) is 0. The third-order valence-electron chi connectivity index (χ3n) is 3.02. The molecule has 0 aliphatic heterocycles. The molecule has 2 heteroatoms. The van der Waals surface area contributed by atoms with E-state index in [4.69, 9.17) is 0 Å².